The van der Waals surface area contributed by atoms with Crippen LogP contribution in [0.5, 0.6) is 0 Å². The average molecular weight is 782 g/mol. The molecule has 9 heteroatoms. The van der Waals surface area contributed by atoms with Gasteiger partial charge in [0.05, 0.1) is 17.9 Å². The van der Waals surface area contributed by atoms with Crippen LogP contribution in [0.15, 0.2) is 35.4 Å². The number of allylic oxidation sites excluding steroid dienone is 1. The summed E-state index contributed by atoms with van der Waals surface area (Å²) in [6.45, 7) is 21.9. The number of halogens is 1. The van der Waals surface area contributed by atoms with Crippen molar-refractivity contribution in [2.75, 3.05) is 19.6 Å². The molecule has 0 aromatic heterocycles. The zero-order valence-electron chi connectivity index (χ0n) is 35.1. The minimum atomic E-state index is -1.17. The first-order chi connectivity index (χ1) is 25.6. The number of hydrogen-bond acceptors (Lipinski definition) is 7. The van der Waals surface area contributed by atoms with Gasteiger partial charge in [-0.25, -0.2) is 0 Å². The second kappa shape index (κ2) is 14.8. The summed E-state index contributed by atoms with van der Waals surface area (Å²) in [7, 11) is 0. The van der Waals surface area contributed by atoms with E-state index in [-0.39, 0.29) is 51.8 Å². The van der Waals surface area contributed by atoms with Gasteiger partial charge in [0.15, 0.2) is 5.78 Å². The van der Waals surface area contributed by atoms with Crippen LogP contribution < -0.4 is 5.73 Å². The third-order valence-corrected chi connectivity index (χ3v) is 16.9. The second-order valence-electron chi connectivity index (χ2n) is 20.7. The number of ether oxygens (including phenoxy) is 1. The Morgan fingerprint density at radius 2 is 1.64 bits per heavy atom. The molecule has 6 rings (SSSR count). The highest BCUT2D eigenvalue weighted by atomic mass is 35.5. The molecule has 4 fully saturated rings. The van der Waals surface area contributed by atoms with Gasteiger partial charge >= 0.3 is 11.9 Å². The number of rotatable bonds is 12. The van der Waals surface area contributed by atoms with E-state index in [9.17, 15) is 24.6 Å². The molecule has 5 aliphatic rings. The third kappa shape index (κ3) is 6.95. The van der Waals surface area contributed by atoms with Crippen LogP contribution >= 0.6 is 11.6 Å². The molecule has 0 spiro atoms. The number of aliphatic hydroxyl groups is 1. The number of nitrogens with zero attached hydrogens (tertiary/aromatic N) is 1. The first-order valence-electron chi connectivity index (χ1n) is 21.1. The Morgan fingerprint density at radius 1 is 0.964 bits per heavy atom. The largest absolute Gasteiger partial charge is 0.481 e. The molecule has 9 unspecified atom stereocenters. The molecule has 306 valence electrons. The van der Waals surface area contributed by atoms with E-state index in [4.69, 9.17) is 22.1 Å². The Bertz CT molecular complexity index is 1690. The fraction of sp³-hybridized carbons (Fsp3) is 0.761. The number of hydrogen-bond donors (Lipinski definition) is 3. The molecular formula is C46H69ClN2O6. The Morgan fingerprint density at radius 3 is 2.25 bits per heavy atom. The van der Waals surface area contributed by atoms with Crippen molar-refractivity contribution in [3.8, 4) is 0 Å². The molecule has 5 aliphatic carbocycles. The summed E-state index contributed by atoms with van der Waals surface area (Å²) < 4.78 is 6.18. The maximum absolute atomic E-state index is 14.2. The molecule has 55 heavy (non-hydrogen) atoms. The summed E-state index contributed by atoms with van der Waals surface area (Å²) in [5.74, 6) is -0.0535. The highest BCUT2D eigenvalue weighted by Gasteiger charge is 2.71. The summed E-state index contributed by atoms with van der Waals surface area (Å²) in [5, 5.41) is 22.8. The van der Waals surface area contributed by atoms with Gasteiger partial charge < -0.3 is 20.7 Å². The van der Waals surface area contributed by atoms with Crippen molar-refractivity contribution in [1.82, 2.24) is 4.90 Å². The van der Waals surface area contributed by atoms with Crippen LogP contribution in [-0.2, 0) is 25.7 Å². The monoisotopic (exact) mass is 780 g/mol. The normalized spacial score (nSPS) is 36.2. The van der Waals surface area contributed by atoms with Gasteiger partial charge in [-0.05, 0) is 128 Å². The Balaban J connectivity index is 1.28. The van der Waals surface area contributed by atoms with Crippen LogP contribution in [0.3, 0.4) is 0 Å². The molecule has 0 bridgehead atoms. The van der Waals surface area contributed by atoms with Crippen molar-refractivity contribution in [3.63, 3.8) is 0 Å². The lowest BCUT2D eigenvalue weighted by molar-refractivity contribution is -0.235. The molecule has 0 saturated heterocycles. The molecule has 1 aromatic rings. The summed E-state index contributed by atoms with van der Waals surface area (Å²) in [6.07, 6.45) is 7.00. The van der Waals surface area contributed by atoms with Gasteiger partial charge in [0.1, 0.15) is 6.10 Å². The standard InChI is InChI=1S/C46H69ClN2O6/c1-28(2)38-32(50)24-46(35(51)27-49(23-22-48)26-29-10-12-30(47)13-11-29)21-20-44(8)31(39(38)46)14-15-34-43(7)18-17-36(55-37(52)25-41(3,4)40(53)54)42(5,6)33(43)16-19-45(34,44)9/h10-13,28,31,33-36,51H,14-27,48H2,1-9H3,(H,53,54). The molecule has 1 aromatic carbocycles. The number of aliphatic carboxylic acids is 1. The van der Waals surface area contributed by atoms with E-state index in [1.807, 2.05) is 24.3 Å². The number of benzene rings is 1. The summed E-state index contributed by atoms with van der Waals surface area (Å²) >= 11 is 6.19. The number of carboxylic acid groups (broad SMARTS) is 1. The number of esters is 1. The number of carboxylic acids is 1. The molecule has 4 N–H and O–H groups in total. The van der Waals surface area contributed by atoms with Crippen molar-refractivity contribution < 1.29 is 29.3 Å². The summed E-state index contributed by atoms with van der Waals surface area (Å²) in [5.41, 5.74) is 7.54. The fourth-order valence-corrected chi connectivity index (χ4v) is 13.7. The second-order valence-corrected chi connectivity index (χ2v) is 21.2. The van der Waals surface area contributed by atoms with Gasteiger partial charge in [-0.1, -0.05) is 77.8 Å². The zero-order chi connectivity index (χ0) is 40.5. The lowest BCUT2D eigenvalue weighted by Gasteiger charge is -2.72. The molecule has 9 atom stereocenters. The first kappa shape index (κ1) is 42.3. The van der Waals surface area contributed by atoms with Crippen LogP contribution in [0.2, 0.25) is 5.02 Å². The Kier molecular flexibility index (Phi) is 11.4. The number of aliphatic hydroxyl groups excluding tert-OH is 1. The third-order valence-electron chi connectivity index (χ3n) is 16.7. The molecule has 0 radical (unpaired) electrons. The number of nitrogens with two attached hydrogens (primary N) is 1. The van der Waals surface area contributed by atoms with Crippen LogP contribution in [0.1, 0.15) is 132 Å². The van der Waals surface area contributed by atoms with Crippen LogP contribution in [0, 0.1) is 56.2 Å². The quantitative estimate of drug-likeness (QED) is 0.180. The van der Waals surface area contributed by atoms with Gasteiger partial charge in [0.25, 0.3) is 0 Å². The number of Topliss-reactive ketones (excluding diaryl/α,β-unsaturated/α-hetero) is 1. The number of carbonyl (C=O) groups excluding carboxylic acids is 2. The van der Waals surface area contributed by atoms with Gasteiger partial charge in [-0.15, -0.1) is 0 Å². The van der Waals surface area contributed by atoms with E-state index in [0.717, 1.165) is 62.5 Å². The van der Waals surface area contributed by atoms with Crippen molar-refractivity contribution in [2.24, 2.45) is 61.9 Å². The predicted octanol–water partition coefficient (Wildman–Crippen LogP) is 8.86. The van der Waals surface area contributed by atoms with E-state index < -0.39 is 28.9 Å². The average Bonchev–Trinajstić information content (AvgIpc) is 3.40. The lowest BCUT2D eigenvalue weighted by Crippen LogP contribution is -2.66. The number of ketones is 1. The van der Waals surface area contributed by atoms with E-state index in [0.29, 0.717) is 49.5 Å². The minimum Gasteiger partial charge on any atom is -0.481 e. The van der Waals surface area contributed by atoms with Gasteiger partial charge in [-0.3, -0.25) is 19.3 Å². The van der Waals surface area contributed by atoms with Gasteiger partial charge in [0.2, 0.25) is 0 Å². The lowest BCUT2D eigenvalue weighted by atomic mass is 9.33. The topological polar surface area (TPSA) is 130 Å². The molecule has 0 heterocycles. The highest BCUT2D eigenvalue weighted by Crippen LogP contribution is 2.77. The minimum absolute atomic E-state index is 0.0320. The van der Waals surface area contributed by atoms with Crippen molar-refractivity contribution in [1.29, 1.82) is 0 Å². The van der Waals surface area contributed by atoms with E-state index in [2.05, 4.69) is 53.4 Å². The van der Waals surface area contributed by atoms with E-state index >= 15 is 0 Å². The zero-order valence-corrected chi connectivity index (χ0v) is 35.9. The SMILES string of the molecule is CC(C)C1=C2C3CCC4C5(C)CCC(OC(=O)CC(C)(C)C(=O)O)C(C)(C)C5CCC4(C)C3(C)CCC2(C(O)CN(CCN)Cc2ccc(Cl)cc2)CC1=O. The van der Waals surface area contributed by atoms with Gasteiger partial charge in [0, 0.05) is 48.5 Å². The molecular weight excluding hydrogens is 712 g/mol. The molecule has 0 aliphatic heterocycles. The van der Waals surface area contributed by atoms with Crippen molar-refractivity contribution >= 4 is 29.3 Å². The Hall–Kier alpha value is -2.26. The van der Waals surface area contributed by atoms with Crippen LogP contribution in [0.25, 0.3) is 0 Å². The number of fused-ring (bicyclic) bond motifs is 7. The van der Waals surface area contributed by atoms with Crippen molar-refractivity contribution in [2.45, 2.75) is 145 Å². The van der Waals surface area contributed by atoms with E-state index in [1.54, 1.807) is 13.8 Å². The predicted molar refractivity (Wildman–Crippen MR) is 217 cm³/mol. The highest BCUT2D eigenvalue weighted by molar-refractivity contribution is 6.30. The van der Waals surface area contributed by atoms with E-state index in [1.165, 1.54) is 5.57 Å². The Labute approximate surface area is 335 Å². The maximum Gasteiger partial charge on any atom is 0.309 e. The number of carbonyl (C=O) groups is 3. The van der Waals surface area contributed by atoms with Crippen LogP contribution in [0.4, 0.5) is 0 Å². The summed E-state index contributed by atoms with van der Waals surface area (Å²) in [6, 6.07) is 7.86. The maximum atomic E-state index is 14.2. The molecule has 8 nitrogen and oxygen atoms in total. The van der Waals surface area contributed by atoms with Gasteiger partial charge in [-0.2, -0.15) is 0 Å². The summed E-state index contributed by atoms with van der Waals surface area (Å²) in [4.78, 5) is 41.4. The molecule has 4 saturated carbocycles. The first-order valence-corrected chi connectivity index (χ1v) is 21.5. The smallest absolute Gasteiger partial charge is 0.309 e. The fourth-order valence-electron chi connectivity index (χ4n) is 13.6. The van der Waals surface area contributed by atoms with Crippen LogP contribution in [-0.4, -0.2) is 64.7 Å². The van der Waals surface area contributed by atoms with Crippen molar-refractivity contribution in [3.05, 3.63) is 46.0 Å². The molecule has 0 amide bonds.